The van der Waals surface area contributed by atoms with Gasteiger partial charge in [-0.2, -0.15) is 0 Å². The van der Waals surface area contributed by atoms with Crippen LogP contribution in [-0.4, -0.2) is 15.7 Å². The Hall–Kier alpha value is -1.94. The van der Waals surface area contributed by atoms with Crippen LogP contribution in [0, 0.1) is 13.8 Å². The smallest absolute Gasteiger partial charge is 0.194 e. The fraction of sp³-hybridized carbons (Fsp3) is 0.200. The van der Waals surface area contributed by atoms with Gasteiger partial charge in [-0.05, 0) is 19.4 Å². The van der Waals surface area contributed by atoms with Crippen LogP contribution in [0.25, 0.3) is 4.96 Å². The molecule has 0 aliphatic carbocycles. The number of aromatic nitrogens is 2. The summed E-state index contributed by atoms with van der Waals surface area (Å²) >= 11 is 1.65. The first-order chi connectivity index (χ1) is 9.19. The molecule has 0 atom stereocenters. The third-order valence-corrected chi connectivity index (χ3v) is 4.47. The molecule has 3 aromatic rings. The Balaban J connectivity index is 2.01. The topological polar surface area (TPSA) is 34.4 Å². The van der Waals surface area contributed by atoms with Crippen LogP contribution in [0.3, 0.4) is 0 Å². The van der Waals surface area contributed by atoms with Gasteiger partial charge in [0.1, 0.15) is 5.69 Å². The van der Waals surface area contributed by atoms with Crippen molar-refractivity contribution >= 4 is 22.6 Å². The van der Waals surface area contributed by atoms with Crippen LogP contribution < -0.4 is 0 Å². The van der Waals surface area contributed by atoms with E-state index in [1.54, 1.807) is 17.5 Å². The number of carbonyl (C=O) groups excluding carboxylic acids is 1. The van der Waals surface area contributed by atoms with Gasteiger partial charge < -0.3 is 0 Å². The van der Waals surface area contributed by atoms with Crippen molar-refractivity contribution in [3.8, 4) is 0 Å². The molecule has 0 spiro atoms. The zero-order chi connectivity index (χ0) is 13.4. The summed E-state index contributed by atoms with van der Waals surface area (Å²) in [5.41, 5.74) is 4.29. The molecule has 0 bridgehead atoms. The molecule has 0 aliphatic heterocycles. The van der Waals surface area contributed by atoms with Gasteiger partial charge in [-0.15, -0.1) is 11.3 Å². The number of aldehydes is 1. The first-order valence-corrected chi connectivity index (χ1v) is 6.97. The van der Waals surface area contributed by atoms with E-state index in [4.69, 9.17) is 0 Å². The quantitative estimate of drug-likeness (QED) is 0.683. The highest BCUT2D eigenvalue weighted by molar-refractivity contribution is 7.17. The summed E-state index contributed by atoms with van der Waals surface area (Å²) in [6.07, 6.45) is 3.37. The molecule has 0 N–H and O–H groups in total. The van der Waals surface area contributed by atoms with Gasteiger partial charge in [-0.1, -0.05) is 29.8 Å². The second-order valence-corrected chi connectivity index (χ2v) is 5.75. The molecule has 96 valence electrons. The van der Waals surface area contributed by atoms with Crippen LogP contribution in [0.5, 0.6) is 0 Å². The number of rotatable bonds is 3. The second-order valence-electron chi connectivity index (χ2n) is 4.69. The van der Waals surface area contributed by atoms with E-state index in [0.717, 1.165) is 23.4 Å². The first kappa shape index (κ1) is 12.1. The van der Waals surface area contributed by atoms with E-state index in [2.05, 4.69) is 36.2 Å². The molecular formula is C15H14N2OS. The summed E-state index contributed by atoms with van der Waals surface area (Å²) in [5, 5.41) is 0. The van der Waals surface area contributed by atoms with Gasteiger partial charge in [0.2, 0.25) is 0 Å². The summed E-state index contributed by atoms with van der Waals surface area (Å²) in [4.78, 5) is 17.4. The van der Waals surface area contributed by atoms with Crippen LogP contribution in [-0.2, 0) is 6.42 Å². The number of thiazole rings is 1. The molecular weight excluding hydrogens is 256 g/mol. The van der Waals surface area contributed by atoms with Gasteiger partial charge in [0, 0.05) is 17.0 Å². The lowest BCUT2D eigenvalue weighted by molar-refractivity contribution is 0.111. The minimum atomic E-state index is 0.624. The van der Waals surface area contributed by atoms with Crippen LogP contribution in [0.4, 0.5) is 0 Å². The molecule has 0 aliphatic rings. The normalized spacial score (nSPS) is 11.1. The zero-order valence-corrected chi connectivity index (χ0v) is 11.7. The minimum absolute atomic E-state index is 0.624. The van der Waals surface area contributed by atoms with Crippen LogP contribution >= 0.6 is 11.3 Å². The maximum absolute atomic E-state index is 11.0. The number of hydrogen-bond acceptors (Lipinski definition) is 3. The molecule has 0 unspecified atom stereocenters. The second kappa shape index (κ2) is 4.63. The van der Waals surface area contributed by atoms with E-state index >= 15 is 0 Å². The fourth-order valence-electron chi connectivity index (χ4n) is 2.20. The van der Waals surface area contributed by atoms with E-state index in [0.29, 0.717) is 5.69 Å². The summed E-state index contributed by atoms with van der Waals surface area (Å²) in [7, 11) is 0. The van der Waals surface area contributed by atoms with E-state index in [1.165, 1.54) is 16.0 Å². The number of imidazole rings is 1. The Morgan fingerprint density at radius 3 is 2.68 bits per heavy atom. The summed E-state index contributed by atoms with van der Waals surface area (Å²) in [6, 6.07) is 8.55. The van der Waals surface area contributed by atoms with E-state index in [-0.39, 0.29) is 0 Å². The zero-order valence-electron chi connectivity index (χ0n) is 10.9. The molecule has 1 aromatic carbocycles. The van der Waals surface area contributed by atoms with Crippen molar-refractivity contribution < 1.29 is 4.79 Å². The molecule has 2 heterocycles. The molecule has 3 rings (SSSR count). The van der Waals surface area contributed by atoms with Gasteiger partial charge >= 0.3 is 0 Å². The molecule has 0 fully saturated rings. The number of carbonyl (C=O) groups is 1. The number of fused-ring (bicyclic) bond motifs is 1. The first-order valence-electron chi connectivity index (χ1n) is 6.15. The highest BCUT2D eigenvalue weighted by Gasteiger charge is 2.13. The minimum Gasteiger partial charge on any atom is -0.296 e. The molecule has 4 heteroatoms. The van der Waals surface area contributed by atoms with Crippen LogP contribution in [0.2, 0.25) is 0 Å². The number of aryl methyl sites for hydroxylation is 2. The standard InChI is InChI=1S/C15H14N2OS/c1-10-3-5-12(6-4-10)7-14-11(2)17-13(9-18)8-16-15(17)19-14/h3-6,8-9H,7H2,1-2H3. The molecule has 0 amide bonds. The Morgan fingerprint density at radius 2 is 2.00 bits per heavy atom. The van der Waals surface area contributed by atoms with Crippen LogP contribution in [0.15, 0.2) is 30.5 Å². The number of hydrogen-bond donors (Lipinski definition) is 0. The third-order valence-electron chi connectivity index (χ3n) is 3.32. The maximum Gasteiger partial charge on any atom is 0.194 e. The lowest BCUT2D eigenvalue weighted by atomic mass is 10.1. The summed E-state index contributed by atoms with van der Waals surface area (Å²) in [6.45, 7) is 4.13. The number of nitrogens with zero attached hydrogens (tertiary/aromatic N) is 2. The van der Waals surface area contributed by atoms with Crippen molar-refractivity contribution in [2.24, 2.45) is 0 Å². The van der Waals surface area contributed by atoms with Crippen molar-refractivity contribution in [3.05, 3.63) is 57.9 Å². The molecule has 0 saturated carbocycles. The fourth-order valence-corrected chi connectivity index (χ4v) is 3.34. The lowest BCUT2D eigenvalue weighted by Crippen LogP contribution is -1.94. The van der Waals surface area contributed by atoms with Gasteiger partial charge in [0.05, 0.1) is 6.20 Å². The van der Waals surface area contributed by atoms with E-state index in [9.17, 15) is 4.79 Å². The predicted molar refractivity (Wildman–Crippen MR) is 77.2 cm³/mol. The van der Waals surface area contributed by atoms with Crippen LogP contribution in [0.1, 0.15) is 32.2 Å². The Labute approximate surface area is 115 Å². The third kappa shape index (κ3) is 2.08. The summed E-state index contributed by atoms with van der Waals surface area (Å²) < 4.78 is 1.93. The lowest BCUT2D eigenvalue weighted by Gasteiger charge is -2.01. The number of benzene rings is 1. The molecule has 0 radical (unpaired) electrons. The molecule has 19 heavy (non-hydrogen) atoms. The summed E-state index contributed by atoms with van der Waals surface area (Å²) in [5.74, 6) is 0. The van der Waals surface area contributed by atoms with Crippen molar-refractivity contribution in [2.45, 2.75) is 20.3 Å². The SMILES string of the molecule is Cc1ccc(Cc2sc3ncc(C=O)n3c2C)cc1. The molecule has 3 nitrogen and oxygen atoms in total. The predicted octanol–water partition coefficient (Wildman–Crippen LogP) is 3.42. The van der Waals surface area contributed by atoms with Crippen molar-refractivity contribution in [1.29, 1.82) is 0 Å². The highest BCUT2D eigenvalue weighted by atomic mass is 32.1. The van der Waals surface area contributed by atoms with Gasteiger partial charge in [0.25, 0.3) is 0 Å². The Morgan fingerprint density at radius 1 is 1.26 bits per heavy atom. The maximum atomic E-state index is 11.0. The van der Waals surface area contributed by atoms with Gasteiger partial charge in [-0.25, -0.2) is 4.98 Å². The Kier molecular flexibility index (Phi) is 2.95. The van der Waals surface area contributed by atoms with E-state index < -0.39 is 0 Å². The van der Waals surface area contributed by atoms with Gasteiger partial charge in [-0.3, -0.25) is 9.20 Å². The van der Waals surface area contributed by atoms with Gasteiger partial charge in [0.15, 0.2) is 11.2 Å². The monoisotopic (exact) mass is 270 g/mol. The highest BCUT2D eigenvalue weighted by Crippen LogP contribution is 2.25. The molecule has 0 saturated heterocycles. The average molecular weight is 270 g/mol. The molecule has 2 aromatic heterocycles. The van der Waals surface area contributed by atoms with E-state index in [1.807, 2.05) is 11.3 Å². The largest absolute Gasteiger partial charge is 0.296 e. The average Bonchev–Trinajstić information content (AvgIpc) is 2.94. The van der Waals surface area contributed by atoms with Crippen molar-refractivity contribution in [1.82, 2.24) is 9.38 Å². The van der Waals surface area contributed by atoms with Crippen molar-refractivity contribution in [3.63, 3.8) is 0 Å². The Bertz CT molecular complexity index is 737. The van der Waals surface area contributed by atoms with Crippen molar-refractivity contribution in [2.75, 3.05) is 0 Å².